The SMILES string of the molecule is Cc1c(Cl)nc(C(C)C)nc1NCCS(=O)(=O)N(C)C. The molecule has 8 heteroatoms. The number of rotatable bonds is 6. The van der Waals surface area contributed by atoms with Gasteiger partial charge in [-0.2, -0.15) is 0 Å². The average Bonchev–Trinajstić information content (AvgIpc) is 2.33. The lowest BCUT2D eigenvalue weighted by molar-refractivity contribution is 0.521. The summed E-state index contributed by atoms with van der Waals surface area (Å²) in [6.45, 7) is 6.02. The Bertz CT molecular complexity index is 573. The van der Waals surface area contributed by atoms with Crippen molar-refractivity contribution in [1.82, 2.24) is 14.3 Å². The van der Waals surface area contributed by atoms with Crippen molar-refractivity contribution < 1.29 is 8.42 Å². The molecule has 0 unspecified atom stereocenters. The van der Waals surface area contributed by atoms with Gasteiger partial charge < -0.3 is 5.32 Å². The Morgan fingerprint density at radius 3 is 2.40 bits per heavy atom. The second kappa shape index (κ2) is 6.69. The molecule has 0 fully saturated rings. The van der Waals surface area contributed by atoms with Crippen LogP contribution < -0.4 is 5.32 Å². The molecule has 6 nitrogen and oxygen atoms in total. The largest absolute Gasteiger partial charge is 0.369 e. The molecule has 0 bridgehead atoms. The molecule has 0 amide bonds. The molecule has 0 aromatic carbocycles. The van der Waals surface area contributed by atoms with Gasteiger partial charge in [0.25, 0.3) is 0 Å². The van der Waals surface area contributed by atoms with Crippen LogP contribution in [0.4, 0.5) is 5.82 Å². The fourth-order valence-corrected chi connectivity index (χ4v) is 2.32. The van der Waals surface area contributed by atoms with Crippen molar-refractivity contribution in [3.05, 3.63) is 16.5 Å². The Hall–Kier alpha value is -0.920. The van der Waals surface area contributed by atoms with Gasteiger partial charge in [0.15, 0.2) is 0 Å². The van der Waals surface area contributed by atoms with Gasteiger partial charge in [-0.15, -0.1) is 0 Å². The summed E-state index contributed by atoms with van der Waals surface area (Å²) in [5, 5.41) is 3.41. The molecule has 1 N–H and O–H groups in total. The van der Waals surface area contributed by atoms with Crippen molar-refractivity contribution in [1.29, 1.82) is 0 Å². The third-order valence-corrected chi connectivity index (χ3v) is 5.03. The van der Waals surface area contributed by atoms with Gasteiger partial charge in [0.2, 0.25) is 10.0 Å². The Morgan fingerprint density at radius 1 is 1.30 bits per heavy atom. The molecule has 1 aromatic rings. The van der Waals surface area contributed by atoms with Crippen LogP contribution in [-0.2, 0) is 10.0 Å². The van der Waals surface area contributed by atoms with Crippen molar-refractivity contribution in [3.63, 3.8) is 0 Å². The van der Waals surface area contributed by atoms with E-state index < -0.39 is 10.0 Å². The van der Waals surface area contributed by atoms with E-state index in [2.05, 4.69) is 15.3 Å². The quantitative estimate of drug-likeness (QED) is 0.810. The van der Waals surface area contributed by atoms with Crippen LogP contribution in [-0.4, -0.2) is 49.1 Å². The lowest BCUT2D eigenvalue weighted by atomic mass is 10.2. The molecule has 1 heterocycles. The Morgan fingerprint density at radius 2 is 1.90 bits per heavy atom. The Kier molecular flexibility index (Phi) is 5.73. The van der Waals surface area contributed by atoms with Crippen LogP contribution in [0.3, 0.4) is 0 Å². The standard InChI is InChI=1S/C12H21ClN4O2S/c1-8(2)11-15-10(13)9(3)12(16-11)14-6-7-20(18,19)17(4)5/h8H,6-7H2,1-5H3,(H,14,15,16). The van der Waals surface area contributed by atoms with Crippen LogP contribution in [0.25, 0.3) is 0 Å². The number of halogens is 1. The van der Waals surface area contributed by atoms with E-state index in [0.717, 1.165) is 5.56 Å². The highest BCUT2D eigenvalue weighted by atomic mass is 35.5. The molecule has 1 rings (SSSR count). The van der Waals surface area contributed by atoms with E-state index in [0.29, 0.717) is 16.8 Å². The molecular weight excluding hydrogens is 300 g/mol. The lowest BCUT2D eigenvalue weighted by Gasteiger charge is -2.14. The zero-order valence-corrected chi connectivity index (χ0v) is 14.0. The maximum Gasteiger partial charge on any atom is 0.215 e. The normalized spacial score (nSPS) is 12.2. The predicted octanol–water partition coefficient (Wildman–Crippen LogP) is 1.87. The minimum absolute atomic E-state index is 0.00191. The van der Waals surface area contributed by atoms with Crippen LogP contribution >= 0.6 is 11.6 Å². The molecule has 0 radical (unpaired) electrons. The minimum atomic E-state index is -3.22. The van der Waals surface area contributed by atoms with E-state index in [4.69, 9.17) is 11.6 Å². The maximum atomic E-state index is 11.7. The minimum Gasteiger partial charge on any atom is -0.369 e. The molecule has 0 aliphatic rings. The lowest BCUT2D eigenvalue weighted by Crippen LogP contribution is -2.28. The van der Waals surface area contributed by atoms with Gasteiger partial charge in [0, 0.05) is 32.1 Å². The fraction of sp³-hybridized carbons (Fsp3) is 0.667. The summed E-state index contributed by atoms with van der Waals surface area (Å²) >= 11 is 6.06. The van der Waals surface area contributed by atoms with Crippen molar-refractivity contribution in [3.8, 4) is 0 Å². The molecule has 114 valence electrons. The number of anilines is 1. The zero-order chi connectivity index (χ0) is 15.5. The smallest absolute Gasteiger partial charge is 0.215 e. The molecule has 0 saturated heterocycles. The van der Waals surface area contributed by atoms with E-state index >= 15 is 0 Å². The summed E-state index contributed by atoms with van der Waals surface area (Å²) in [7, 11) is -0.198. The molecule has 20 heavy (non-hydrogen) atoms. The summed E-state index contributed by atoms with van der Waals surface area (Å²) in [6, 6.07) is 0. The van der Waals surface area contributed by atoms with Crippen molar-refractivity contribution in [2.45, 2.75) is 26.7 Å². The van der Waals surface area contributed by atoms with E-state index in [-0.39, 0.29) is 18.2 Å². The Balaban J connectivity index is 2.83. The maximum absolute atomic E-state index is 11.7. The monoisotopic (exact) mass is 320 g/mol. The van der Waals surface area contributed by atoms with E-state index in [1.165, 1.54) is 18.4 Å². The van der Waals surface area contributed by atoms with E-state index in [9.17, 15) is 8.42 Å². The number of sulfonamides is 1. The number of hydrogen-bond acceptors (Lipinski definition) is 5. The molecule has 0 aliphatic heterocycles. The predicted molar refractivity (Wildman–Crippen MR) is 81.8 cm³/mol. The molecule has 0 saturated carbocycles. The van der Waals surface area contributed by atoms with Crippen molar-refractivity contribution in [2.75, 3.05) is 31.7 Å². The molecule has 0 atom stereocenters. The summed E-state index contributed by atoms with van der Waals surface area (Å²) in [6.07, 6.45) is 0. The second-order valence-corrected chi connectivity index (χ2v) is 7.69. The van der Waals surface area contributed by atoms with Gasteiger partial charge in [0.05, 0.1) is 5.75 Å². The highest BCUT2D eigenvalue weighted by Crippen LogP contribution is 2.22. The number of nitrogens with one attached hydrogen (secondary N) is 1. The topological polar surface area (TPSA) is 75.2 Å². The van der Waals surface area contributed by atoms with E-state index in [1.807, 2.05) is 13.8 Å². The van der Waals surface area contributed by atoms with Gasteiger partial charge in [0.1, 0.15) is 16.8 Å². The van der Waals surface area contributed by atoms with Crippen LogP contribution in [0.1, 0.15) is 31.2 Å². The average molecular weight is 321 g/mol. The number of hydrogen-bond donors (Lipinski definition) is 1. The van der Waals surface area contributed by atoms with E-state index in [1.54, 1.807) is 6.92 Å². The summed E-state index contributed by atoms with van der Waals surface area (Å²) < 4.78 is 24.6. The van der Waals surface area contributed by atoms with Crippen molar-refractivity contribution >= 4 is 27.4 Å². The Labute approximate surface area is 125 Å². The van der Waals surface area contributed by atoms with Gasteiger partial charge in [-0.25, -0.2) is 22.7 Å². The van der Waals surface area contributed by atoms with Gasteiger partial charge in [-0.05, 0) is 6.92 Å². The summed E-state index contributed by atoms with van der Waals surface area (Å²) in [4.78, 5) is 8.59. The molecular formula is C12H21ClN4O2S. The third-order valence-electron chi connectivity index (χ3n) is 2.83. The first kappa shape index (κ1) is 17.1. The third kappa shape index (κ3) is 4.29. The number of nitrogens with zero attached hydrogens (tertiary/aromatic N) is 3. The first-order valence-corrected chi connectivity index (χ1v) is 8.32. The van der Waals surface area contributed by atoms with Crippen LogP contribution in [0.2, 0.25) is 5.15 Å². The second-order valence-electron chi connectivity index (χ2n) is 5.03. The first-order valence-electron chi connectivity index (χ1n) is 6.33. The van der Waals surface area contributed by atoms with Gasteiger partial charge in [-0.3, -0.25) is 0 Å². The fourth-order valence-electron chi connectivity index (χ4n) is 1.42. The van der Waals surface area contributed by atoms with Crippen molar-refractivity contribution in [2.24, 2.45) is 0 Å². The van der Waals surface area contributed by atoms with Crippen LogP contribution in [0, 0.1) is 6.92 Å². The summed E-state index contributed by atoms with van der Waals surface area (Å²) in [5.74, 6) is 1.37. The molecule has 0 spiro atoms. The molecule has 0 aliphatic carbocycles. The van der Waals surface area contributed by atoms with Gasteiger partial charge >= 0.3 is 0 Å². The highest BCUT2D eigenvalue weighted by Gasteiger charge is 2.15. The number of aromatic nitrogens is 2. The van der Waals surface area contributed by atoms with Crippen LogP contribution in [0.15, 0.2) is 0 Å². The zero-order valence-electron chi connectivity index (χ0n) is 12.4. The molecule has 1 aromatic heterocycles. The summed E-state index contributed by atoms with van der Waals surface area (Å²) in [5.41, 5.74) is 0.721. The highest BCUT2D eigenvalue weighted by molar-refractivity contribution is 7.89. The first-order chi connectivity index (χ1) is 9.15. The van der Waals surface area contributed by atoms with Crippen LogP contribution in [0.5, 0.6) is 0 Å². The van der Waals surface area contributed by atoms with Gasteiger partial charge in [-0.1, -0.05) is 25.4 Å².